The topological polar surface area (TPSA) is 95.8 Å². The minimum Gasteiger partial charge on any atom is -0.322 e. The van der Waals surface area contributed by atoms with Gasteiger partial charge in [0.1, 0.15) is 0 Å². The van der Waals surface area contributed by atoms with Crippen LogP contribution in [0.3, 0.4) is 0 Å². The molecule has 0 aliphatic carbocycles. The summed E-state index contributed by atoms with van der Waals surface area (Å²) in [6.07, 6.45) is 0.836. The van der Waals surface area contributed by atoms with Crippen molar-refractivity contribution in [3.05, 3.63) is 100 Å². The van der Waals surface area contributed by atoms with Gasteiger partial charge in [0.05, 0.1) is 11.0 Å². The molecule has 168 valence electrons. The molecule has 1 saturated heterocycles. The second-order valence-corrected chi connectivity index (χ2v) is 7.88. The summed E-state index contributed by atoms with van der Waals surface area (Å²) >= 11 is 0. The van der Waals surface area contributed by atoms with Crippen LogP contribution in [0, 0.1) is 10.1 Å². The maximum Gasteiger partial charge on any atom is 0.324 e. The predicted molar refractivity (Wildman–Crippen MR) is 126 cm³/mol. The molecule has 3 amide bonds. The highest BCUT2D eigenvalue weighted by Gasteiger charge is 2.30. The van der Waals surface area contributed by atoms with Crippen LogP contribution in [0.4, 0.5) is 21.9 Å². The van der Waals surface area contributed by atoms with Crippen LogP contribution in [0.5, 0.6) is 0 Å². The number of urea groups is 1. The van der Waals surface area contributed by atoms with Gasteiger partial charge in [-0.05, 0) is 49.2 Å². The quantitative estimate of drug-likeness (QED) is 0.415. The Balaban J connectivity index is 1.49. The molecule has 33 heavy (non-hydrogen) atoms. The van der Waals surface area contributed by atoms with Crippen molar-refractivity contribution < 1.29 is 14.5 Å². The SMILES string of the molecule is CC(c1ccccc1)N1CCCN(c2cccc(NC(=O)c3ccc([N+](=O)[O-])cc3)c2)C1=O. The van der Waals surface area contributed by atoms with Crippen LogP contribution in [0.25, 0.3) is 0 Å². The Morgan fingerprint density at radius 3 is 2.42 bits per heavy atom. The Kier molecular flexibility index (Phi) is 6.35. The first kappa shape index (κ1) is 22.0. The third-order valence-electron chi connectivity index (χ3n) is 5.76. The number of hydrogen-bond donors (Lipinski definition) is 1. The molecule has 0 saturated carbocycles. The van der Waals surface area contributed by atoms with Crippen molar-refractivity contribution in [2.45, 2.75) is 19.4 Å². The molecular weight excluding hydrogens is 420 g/mol. The van der Waals surface area contributed by atoms with Gasteiger partial charge in [0.25, 0.3) is 11.6 Å². The number of hydrogen-bond acceptors (Lipinski definition) is 4. The first-order valence-electron chi connectivity index (χ1n) is 10.7. The fourth-order valence-electron chi connectivity index (χ4n) is 3.95. The molecule has 0 spiro atoms. The van der Waals surface area contributed by atoms with E-state index in [2.05, 4.69) is 5.32 Å². The van der Waals surface area contributed by atoms with Crippen LogP contribution in [0.15, 0.2) is 78.9 Å². The van der Waals surface area contributed by atoms with E-state index in [0.717, 1.165) is 12.0 Å². The van der Waals surface area contributed by atoms with Crippen molar-refractivity contribution in [3.8, 4) is 0 Å². The fourth-order valence-corrected chi connectivity index (χ4v) is 3.95. The Morgan fingerprint density at radius 2 is 1.73 bits per heavy atom. The largest absolute Gasteiger partial charge is 0.324 e. The molecule has 0 bridgehead atoms. The van der Waals surface area contributed by atoms with E-state index in [1.54, 1.807) is 23.1 Å². The summed E-state index contributed by atoms with van der Waals surface area (Å²) in [6.45, 7) is 3.30. The maximum atomic E-state index is 13.3. The lowest BCUT2D eigenvalue weighted by molar-refractivity contribution is -0.384. The average Bonchev–Trinajstić information content (AvgIpc) is 2.84. The molecule has 8 nitrogen and oxygen atoms in total. The lowest BCUT2D eigenvalue weighted by Gasteiger charge is -2.39. The molecule has 1 fully saturated rings. The van der Waals surface area contributed by atoms with Crippen molar-refractivity contribution in [1.82, 2.24) is 4.90 Å². The van der Waals surface area contributed by atoms with Gasteiger partial charge >= 0.3 is 6.03 Å². The molecule has 3 aromatic carbocycles. The smallest absolute Gasteiger partial charge is 0.322 e. The minimum atomic E-state index is -0.511. The van der Waals surface area contributed by atoms with Gasteiger partial charge in [0, 0.05) is 42.2 Å². The average molecular weight is 444 g/mol. The summed E-state index contributed by atoms with van der Waals surface area (Å²) in [6, 6.07) is 22.3. The van der Waals surface area contributed by atoms with Crippen LogP contribution >= 0.6 is 0 Å². The van der Waals surface area contributed by atoms with Crippen LogP contribution in [-0.2, 0) is 0 Å². The molecule has 1 aliphatic heterocycles. The van der Waals surface area contributed by atoms with Gasteiger partial charge in [0.2, 0.25) is 0 Å². The van der Waals surface area contributed by atoms with Gasteiger partial charge in [0.15, 0.2) is 0 Å². The molecule has 4 rings (SSSR count). The summed E-state index contributed by atoms with van der Waals surface area (Å²) in [7, 11) is 0. The Labute approximate surface area is 191 Å². The lowest BCUT2D eigenvalue weighted by Crippen LogP contribution is -2.50. The van der Waals surface area contributed by atoms with Crippen molar-refractivity contribution in [2.75, 3.05) is 23.3 Å². The molecule has 1 N–H and O–H groups in total. The fraction of sp³-hybridized carbons (Fsp3) is 0.200. The van der Waals surface area contributed by atoms with E-state index in [-0.39, 0.29) is 23.7 Å². The molecule has 0 aromatic heterocycles. The van der Waals surface area contributed by atoms with Gasteiger partial charge in [-0.3, -0.25) is 19.8 Å². The minimum absolute atomic E-state index is 0.0495. The van der Waals surface area contributed by atoms with E-state index >= 15 is 0 Å². The van der Waals surface area contributed by atoms with E-state index in [4.69, 9.17) is 0 Å². The zero-order valence-corrected chi connectivity index (χ0v) is 18.2. The lowest BCUT2D eigenvalue weighted by atomic mass is 10.1. The van der Waals surface area contributed by atoms with E-state index in [9.17, 15) is 19.7 Å². The number of anilines is 2. The Hall–Kier alpha value is -4.20. The van der Waals surface area contributed by atoms with E-state index < -0.39 is 4.92 Å². The number of non-ortho nitro benzene ring substituents is 1. The zero-order chi connectivity index (χ0) is 23.4. The highest BCUT2D eigenvalue weighted by Crippen LogP contribution is 2.29. The van der Waals surface area contributed by atoms with Gasteiger partial charge in [-0.1, -0.05) is 36.4 Å². The van der Waals surface area contributed by atoms with E-state index in [0.29, 0.717) is 30.0 Å². The van der Waals surface area contributed by atoms with Crippen molar-refractivity contribution >= 4 is 29.0 Å². The molecule has 0 radical (unpaired) electrons. The summed E-state index contributed by atoms with van der Waals surface area (Å²) in [5.74, 6) is -0.383. The number of nitrogens with zero attached hydrogens (tertiary/aromatic N) is 3. The normalized spacial score (nSPS) is 14.6. The number of carbonyl (C=O) groups is 2. The van der Waals surface area contributed by atoms with Crippen LogP contribution in [0.1, 0.15) is 35.3 Å². The summed E-state index contributed by atoms with van der Waals surface area (Å²) in [5, 5.41) is 13.6. The third-order valence-corrected chi connectivity index (χ3v) is 5.76. The standard InChI is InChI=1S/C25H24N4O4/c1-18(19-7-3-2-4-8-19)27-15-6-16-28(25(27)31)23-10-5-9-21(17-23)26-24(30)20-11-13-22(14-12-20)29(32)33/h2-5,7-14,17-18H,6,15-16H2,1H3,(H,26,30). The van der Waals surface area contributed by atoms with E-state index in [1.165, 1.54) is 24.3 Å². The summed E-state index contributed by atoms with van der Waals surface area (Å²) in [5.41, 5.74) is 2.55. The molecule has 3 aromatic rings. The number of rotatable bonds is 6. The number of amides is 3. The second-order valence-electron chi connectivity index (χ2n) is 7.88. The molecule has 1 unspecified atom stereocenters. The van der Waals surface area contributed by atoms with Gasteiger partial charge in [-0.2, -0.15) is 0 Å². The number of carbonyl (C=O) groups excluding carboxylic acids is 2. The second kappa shape index (κ2) is 9.52. The predicted octanol–water partition coefficient (Wildman–Crippen LogP) is 5.24. The summed E-state index contributed by atoms with van der Waals surface area (Å²) in [4.78, 5) is 39.7. The molecule has 1 aliphatic rings. The van der Waals surface area contributed by atoms with Crippen molar-refractivity contribution in [1.29, 1.82) is 0 Å². The zero-order valence-electron chi connectivity index (χ0n) is 18.2. The number of nitro groups is 1. The van der Waals surface area contributed by atoms with Crippen molar-refractivity contribution in [3.63, 3.8) is 0 Å². The monoisotopic (exact) mass is 444 g/mol. The van der Waals surface area contributed by atoms with Crippen LogP contribution < -0.4 is 10.2 Å². The molecular formula is C25H24N4O4. The van der Waals surface area contributed by atoms with E-state index in [1.807, 2.05) is 48.2 Å². The first-order chi connectivity index (χ1) is 15.9. The highest BCUT2D eigenvalue weighted by atomic mass is 16.6. The number of nitro benzene ring substituents is 1. The molecule has 1 atom stereocenters. The summed E-state index contributed by atoms with van der Waals surface area (Å²) < 4.78 is 0. The van der Waals surface area contributed by atoms with Gasteiger partial charge < -0.3 is 10.2 Å². The first-order valence-corrected chi connectivity index (χ1v) is 10.7. The molecule has 1 heterocycles. The number of nitrogens with one attached hydrogen (secondary N) is 1. The molecule has 8 heteroatoms. The highest BCUT2D eigenvalue weighted by molar-refractivity contribution is 6.05. The Morgan fingerprint density at radius 1 is 1.00 bits per heavy atom. The number of benzene rings is 3. The van der Waals surface area contributed by atoms with Gasteiger partial charge in [-0.25, -0.2) is 4.79 Å². The van der Waals surface area contributed by atoms with Crippen LogP contribution in [0.2, 0.25) is 0 Å². The van der Waals surface area contributed by atoms with Gasteiger partial charge in [-0.15, -0.1) is 0 Å². The third kappa shape index (κ3) is 4.85. The maximum absolute atomic E-state index is 13.3. The van der Waals surface area contributed by atoms with Crippen molar-refractivity contribution in [2.24, 2.45) is 0 Å². The Bertz CT molecular complexity index is 1160. The van der Waals surface area contributed by atoms with Crippen LogP contribution in [-0.4, -0.2) is 34.9 Å².